The minimum Gasteiger partial charge on any atom is -0.452 e. The topological polar surface area (TPSA) is 89.3 Å². The number of aliphatic hydroxyl groups is 1. The van der Waals surface area contributed by atoms with Gasteiger partial charge in [0.15, 0.2) is 5.75 Å². The zero-order valence-corrected chi connectivity index (χ0v) is 15.4. The number of nitrogens with one attached hydrogen (secondary N) is 1. The van der Waals surface area contributed by atoms with Crippen LogP contribution in [0.3, 0.4) is 0 Å². The molecule has 0 unspecified atom stereocenters. The van der Waals surface area contributed by atoms with E-state index in [2.05, 4.69) is 15.3 Å². The Morgan fingerprint density at radius 2 is 1.93 bits per heavy atom. The van der Waals surface area contributed by atoms with Crippen LogP contribution in [-0.4, -0.2) is 31.8 Å². The van der Waals surface area contributed by atoms with E-state index in [-0.39, 0.29) is 29.3 Å². The van der Waals surface area contributed by atoms with Gasteiger partial charge in [0.05, 0.1) is 6.10 Å². The first-order valence-corrected chi connectivity index (χ1v) is 9.24. The number of aromatic nitrogens is 3. The van der Waals surface area contributed by atoms with E-state index >= 15 is 0 Å². The molecule has 146 valence electrons. The zero-order valence-electron chi connectivity index (χ0n) is 15.4. The van der Waals surface area contributed by atoms with E-state index in [1.54, 1.807) is 19.3 Å². The molecular formula is C20H21FN4O3. The van der Waals surface area contributed by atoms with Gasteiger partial charge >= 0.3 is 0 Å². The fraction of sp³-hybridized carbons (Fsp3) is 0.350. The number of hydrogen-bond donors (Lipinski definition) is 2. The van der Waals surface area contributed by atoms with Crippen LogP contribution in [0.4, 0.5) is 10.3 Å². The number of benzene rings is 1. The lowest BCUT2D eigenvalue weighted by atomic mass is 9.93. The average molecular weight is 384 g/mol. The van der Waals surface area contributed by atoms with Crippen LogP contribution >= 0.6 is 0 Å². The Morgan fingerprint density at radius 3 is 2.64 bits per heavy atom. The van der Waals surface area contributed by atoms with Crippen molar-refractivity contribution in [2.45, 2.75) is 37.8 Å². The van der Waals surface area contributed by atoms with Crippen molar-refractivity contribution in [1.29, 1.82) is 0 Å². The third-order valence-corrected chi connectivity index (χ3v) is 4.99. The van der Waals surface area contributed by atoms with Gasteiger partial charge in [0.1, 0.15) is 17.2 Å². The van der Waals surface area contributed by atoms with Crippen molar-refractivity contribution in [2.75, 3.05) is 5.32 Å². The number of fused-ring (bicyclic) bond motifs is 1. The van der Waals surface area contributed by atoms with Gasteiger partial charge in [0.2, 0.25) is 5.95 Å². The van der Waals surface area contributed by atoms with Gasteiger partial charge in [-0.25, -0.2) is 9.37 Å². The number of aliphatic hydroxyl groups excluding tert-OH is 1. The quantitative estimate of drug-likeness (QED) is 0.719. The molecule has 0 atom stereocenters. The molecule has 2 heterocycles. The summed E-state index contributed by atoms with van der Waals surface area (Å²) >= 11 is 0. The van der Waals surface area contributed by atoms with Crippen LogP contribution in [-0.2, 0) is 7.05 Å². The van der Waals surface area contributed by atoms with Gasteiger partial charge in [0.25, 0.3) is 5.56 Å². The number of halogens is 1. The molecule has 0 spiro atoms. The summed E-state index contributed by atoms with van der Waals surface area (Å²) in [4.78, 5) is 21.5. The summed E-state index contributed by atoms with van der Waals surface area (Å²) in [6.07, 6.45) is 4.63. The number of hydrogen-bond acceptors (Lipinski definition) is 6. The van der Waals surface area contributed by atoms with Crippen LogP contribution < -0.4 is 15.6 Å². The van der Waals surface area contributed by atoms with Crippen molar-refractivity contribution in [3.8, 4) is 11.5 Å². The van der Waals surface area contributed by atoms with Gasteiger partial charge in [0, 0.05) is 24.7 Å². The molecule has 0 aliphatic heterocycles. The molecule has 1 aromatic carbocycles. The van der Waals surface area contributed by atoms with E-state index in [1.165, 1.54) is 28.8 Å². The number of rotatable bonds is 4. The summed E-state index contributed by atoms with van der Waals surface area (Å²) < 4.78 is 20.1. The van der Waals surface area contributed by atoms with Crippen LogP contribution in [0.25, 0.3) is 11.0 Å². The predicted molar refractivity (Wildman–Crippen MR) is 103 cm³/mol. The number of ether oxygens (including phenoxy) is 1. The fourth-order valence-corrected chi connectivity index (χ4v) is 3.39. The SMILES string of the molecule is Cn1c(=O)c(Oc2ccc(F)cc2)cc2cnc(NC3CCC(O)CC3)nc21. The van der Waals surface area contributed by atoms with E-state index in [4.69, 9.17) is 4.74 Å². The Morgan fingerprint density at radius 1 is 1.21 bits per heavy atom. The van der Waals surface area contributed by atoms with Crippen molar-refractivity contribution < 1.29 is 14.2 Å². The third-order valence-electron chi connectivity index (χ3n) is 4.99. The lowest BCUT2D eigenvalue weighted by Gasteiger charge is -2.26. The van der Waals surface area contributed by atoms with Gasteiger partial charge in [-0.05, 0) is 56.0 Å². The maximum atomic E-state index is 13.0. The first-order chi connectivity index (χ1) is 13.5. The van der Waals surface area contributed by atoms with Crippen molar-refractivity contribution >= 4 is 17.0 Å². The van der Waals surface area contributed by atoms with Crippen LogP contribution in [0, 0.1) is 5.82 Å². The summed E-state index contributed by atoms with van der Waals surface area (Å²) in [5.41, 5.74) is 0.145. The second-order valence-corrected chi connectivity index (χ2v) is 7.05. The molecule has 1 aliphatic carbocycles. The first-order valence-electron chi connectivity index (χ1n) is 9.24. The van der Waals surface area contributed by atoms with Crippen molar-refractivity contribution in [1.82, 2.24) is 14.5 Å². The minimum absolute atomic E-state index is 0.118. The normalized spacial score (nSPS) is 19.5. The van der Waals surface area contributed by atoms with Crippen LogP contribution in [0.1, 0.15) is 25.7 Å². The highest BCUT2D eigenvalue weighted by molar-refractivity contribution is 5.76. The standard InChI is InChI=1S/C20H21FN4O3/c1-25-18-12(10-17(19(25)27)28-16-8-2-13(21)3-9-16)11-22-20(24-18)23-14-4-6-15(26)7-5-14/h2-3,8-11,14-15,26H,4-7H2,1H3,(H,22,23,24). The van der Waals surface area contributed by atoms with E-state index in [9.17, 15) is 14.3 Å². The summed E-state index contributed by atoms with van der Waals surface area (Å²) in [5.74, 6) is 0.569. The summed E-state index contributed by atoms with van der Waals surface area (Å²) in [6, 6.07) is 7.26. The maximum Gasteiger partial charge on any atom is 0.294 e. The maximum absolute atomic E-state index is 13.0. The minimum atomic E-state index is -0.375. The molecule has 2 aromatic heterocycles. The number of aryl methyl sites for hydroxylation is 1. The number of nitrogens with zero attached hydrogens (tertiary/aromatic N) is 3. The van der Waals surface area contributed by atoms with Gasteiger partial charge in [-0.2, -0.15) is 4.98 Å². The summed E-state index contributed by atoms with van der Waals surface area (Å²) in [5, 5.41) is 13.6. The van der Waals surface area contributed by atoms with E-state index in [1.807, 2.05) is 0 Å². The highest BCUT2D eigenvalue weighted by atomic mass is 19.1. The van der Waals surface area contributed by atoms with Crippen molar-refractivity contribution in [2.24, 2.45) is 7.05 Å². The highest BCUT2D eigenvalue weighted by Gasteiger charge is 2.20. The Hall–Kier alpha value is -3.00. The zero-order chi connectivity index (χ0) is 19.7. The smallest absolute Gasteiger partial charge is 0.294 e. The Labute approximate surface area is 160 Å². The predicted octanol–water partition coefficient (Wildman–Crippen LogP) is 2.98. The van der Waals surface area contributed by atoms with Gasteiger partial charge in [-0.15, -0.1) is 0 Å². The van der Waals surface area contributed by atoms with E-state index in [0.717, 1.165) is 25.7 Å². The Balaban J connectivity index is 1.60. The van der Waals surface area contributed by atoms with E-state index in [0.29, 0.717) is 22.7 Å². The second kappa shape index (κ2) is 7.55. The van der Waals surface area contributed by atoms with Gasteiger partial charge in [-0.1, -0.05) is 0 Å². The Bertz CT molecular complexity index is 1040. The van der Waals surface area contributed by atoms with Crippen molar-refractivity contribution in [3.63, 3.8) is 0 Å². The molecule has 8 heteroatoms. The Kier molecular flexibility index (Phi) is 4.95. The second-order valence-electron chi connectivity index (χ2n) is 7.05. The summed E-state index contributed by atoms with van der Waals surface area (Å²) in [6.45, 7) is 0. The number of anilines is 1. The molecule has 1 fully saturated rings. The largest absolute Gasteiger partial charge is 0.452 e. The molecule has 1 aliphatic rings. The molecule has 0 radical (unpaired) electrons. The molecule has 0 amide bonds. The highest BCUT2D eigenvalue weighted by Crippen LogP contribution is 2.24. The molecule has 0 bridgehead atoms. The fourth-order valence-electron chi connectivity index (χ4n) is 3.39. The number of pyridine rings is 1. The van der Waals surface area contributed by atoms with Crippen LogP contribution in [0.2, 0.25) is 0 Å². The summed E-state index contributed by atoms with van der Waals surface area (Å²) in [7, 11) is 1.62. The molecule has 2 N–H and O–H groups in total. The molecule has 3 aromatic rings. The molecule has 0 saturated heterocycles. The molecule has 1 saturated carbocycles. The average Bonchev–Trinajstić information content (AvgIpc) is 2.70. The van der Waals surface area contributed by atoms with Crippen LogP contribution in [0.5, 0.6) is 11.5 Å². The van der Waals surface area contributed by atoms with Gasteiger partial charge in [-0.3, -0.25) is 9.36 Å². The molecule has 7 nitrogen and oxygen atoms in total. The van der Waals surface area contributed by atoms with Crippen LogP contribution in [0.15, 0.2) is 41.3 Å². The molecule has 28 heavy (non-hydrogen) atoms. The van der Waals surface area contributed by atoms with Gasteiger partial charge < -0.3 is 15.2 Å². The lowest BCUT2D eigenvalue weighted by Crippen LogP contribution is -2.29. The first kappa shape index (κ1) is 18.4. The van der Waals surface area contributed by atoms with E-state index < -0.39 is 0 Å². The monoisotopic (exact) mass is 384 g/mol. The molecule has 4 rings (SSSR count). The molecular weight excluding hydrogens is 363 g/mol. The lowest BCUT2D eigenvalue weighted by molar-refractivity contribution is 0.126. The van der Waals surface area contributed by atoms with Crippen molar-refractivity contribution in [3.05, 3.63) is 52.7 Å². The third kappa shape index (κ3) is 3.82.